The number of ether oxygens (including phenoxy) is 2. The number of sulfonamides is 1. The van der Waals surface area contributed by atoms with Crippen molar-refractivity contribution in [1.82, 2.24) is 4.72 Å². The van der Waals surface area contributed by atoms with Gasteiger partial charge in [0.25, 0.3) is 5.91 Å². The highest BCUT2D eigenvalue weighted by Gasteiger charge is 2.51. The molecule has 1 fully saturated rings. The molecule has 2 aromatic rings. The van der Waals surface area contributed by atoms with Crippen LogP contribution in [0, 0.1) is 17.8 Å². The minimum Gasteiger partial charge on any atom is -0.490 e. The van der Waals surface area contributed by atoms with Crippen LogP contribution in [0.15, 0.2) is 48.6 Å². The van der Waals surface area contributed by atoms with E-state index in [0.717, 1.165) is 42.8 Å². The van der Waals surface area contributed by atoms with Gasteiger partial charge in [0.1, 0.15) is 11.4 Å². The smallest absolute Gasteiger partial charge is 0.264 e. The van der Waals surface area contributed by atoms with Gasteiger partial charge in [0, 0.05) is 36.2 Å². The summed E-state index contributed by atoms with van der Waals surface area (Å²) in [5.74, 6) is 0.00337. The third-order valence-corrected chi connectivity index (χ3v) is 13.3. The number of carbonyl (C=O) groups is 1. The molecule has 10 heteroatoms. The molecule has 2 aromatic carbocycles. The van der Waals surface area contributed by atoms with E-state index in [1.54, 1.807) is 39.2 Å². The van der Waals surface area contributed by atoms with Gasteiger partial charge in [-0.15, -0.1) is 0 Å². The zero-order valence-corrected chi connectivity index (χ0v) is 28.2. The van der Waals surface area contributed by atoms with E-state index in [1.807, 2.05) is 25.1 Å². The fourth-order valence-electron chi connectivity index (χ4n) is 8.13. The van der Waals surface area contributed by atoms with Crippen LogP contribution in [0.4, 0.5) is 5.69 Å². The van der Waals surface area contributed by atoms with E-state index in [-0.39, 0.29) is 28.7 Å². The Hall–Kier alpha value is -2.59. The third-order valence-electron chi connectivity index (χ3n) is 11.2. The summed E-state index contributed by atoms with van der Waals surface area (Å²) in [4.78, 5) is 15.8. The number of rotatable bonds is 2. The molecule has 2 aliphatic carbocycles. The monoisotopic (exact) mass is 656 g/mol. The molecule has 2 heterocycles. The van der Waals surface area contributed by atoms with Crippen LogP contribution >= 0.6 is 11.6 Å². The Balaban J connectivity index is 1.47. The van der Waals surface area contributed by atoms with Crippen molar-refractivity contribution in [2.24, 2.45) is 17.8 Å². The molecule has 1 amide bonds. The van der Waals surface area contributed by atoms with Gasteiger partial charge in [-0.05, 0) is 112 Å². The van der Waals surface area contributed by atoms with Gasteiger partial charge < -0.3 is 19.5 Å². The number of anilines is 1. The number of halogens is 1. The average molecular weight is 657 g/mol. The maximum atomic E-state index is 13.4. The molecule has 0 unspecified atom stereocenters. The van der Waals surface area contributed by atoms with Gasteiger partial charge in [-0.2, -0.15) is 0 Å². The zero-order chi connectivity index (χ0) is 32.1. The summed E-state index contributed by atoms with van der Waals surface area (Å²) >= 11 is 6.42. The van der Waals surface area contributed by atoms with Gasteiger partial charge in [-0.25, -0.2) is 13.1 Å². The van der Waals surface area contributed by atoms with Crippen LogP contribution in [0.1, 0.15) is 74.4 Å². The second-order valence-corrected chi connectivity index (χ2v) is 16.2. The van der Waals surface area contributed by atoms with E-state index in [0.29, 0.717) is 31.9 Å². The van der Waals surface area contributed by atoms with Crippen molar-refractivity contribution in [3.8, 4) is 5.75 Å². The Bertz CT molecular complexity index is 1590. The first-order valence-electron chi connectivity index (χ1n) is 16.2. The molecule has 1 saturated carbocycles. The van der Waals surface area contributed by atoms with Gasteiger partial charge in [-0.3, -0.25) is 4.79 Å². The second kappa shape index (κ2) is 12.2. The maximum Gasteiger partial charge on any atom is 0.264 e. The molecule has 8 nitrogen and oxygen atoms in total. The number of allylic oxidation sites excluding steroid dienone is 1. The zero-order valence-electron chi connectivity index (χ0n) is 26.6. The van der Waals surface area contributed by atoms with E-state index in [4.69, 9.17) is 21.1 Å². The summed E-state index contributed by atoms with van der Waals surface area (Å²) in [6.07, 6.45) is 8.38. The van der Waals surface area contributed by atoms with Gasteiger partial charge in [0.2, 0.25) is 10.0 Å². The summed E-state index contributed by atoms with van der Waals surface area (Å²) in [7, 11) is -2.32. The van der Waals surface area contributed by atoms with Crippen molar-refractivity contribution in [2.75, 3.05) is 31.7 Å². The first-order chi connectivity index (χ1) is 21.4. The summed E-state index contributed by atoms with van der Waals surface area (Å²) in [5.41, 5.74) is 2.32. The summed E-state index contributed by atoms with van der Waals surface area (Å²) < 4.78 is 41.8. The van der Waals surface area contributed by atoms with Crippen molar-refractivity contribution >= 4 is 33.2 Å². The number of hydrogen-bond donors (Lipinski definition) is 2. The number of benzene rings is 2. The molecule has 7 atom stereocenters. The molecular formula is C35H45ClN2O6S. The highest BCUT2D eigenvalue weighted by atomic mass is 35.5. The number of carbonyl (C=O) groups excluding carboxylic acids is 1. The highest BCUT2D eigenvalue weighted by molar-refractivity contribution is 7.90. The Morgan fingerprint density at radius 1 is 1.18 bits per heavy atom. The van der Waals surface area contributed by atoms with Crippen molar-refractivity contribution in [1.29, 1.82) is 0 Å². The van der Waals surface area contributed by atoms with Crippen LogP contribution < -0.4 is 14.4 Å². The summed E-state index contributed by atoms with van der Waals surface area (Å²) in [5, 5.41) is 11.1. The van der Waals surface area contributed by atoms with Crippen molar-refractivity contribution in [3.05, 3.63) is 70.3 Å². The van der Waals surface area contributed by atoms with Crippen molar-refractivity contribution in [2.45, 2.75) is 81.7 Å². The van der Waals surface area contributed by atoms with Gasteiger partial charge in [-0.1, -0.05) is 36.7 Å². The number of aliphatic hydroxyl groups is 1. The molecule has 2 aliphatic heterocycles. The first-order valence-corrected chi connectivity index (χ1v) is 18.1. The molecule has 0 radical (unpaired) electrons. The normalized spacial score (nSPS) is 34.3. The molecule has 6 rings (SSSR count). The Morgan fingerprint density at radius 2 is 1.98 bits per heavy atom. The molecule has 0 aromatic heterocycles. The van der Waals surface area contributed by atoms with Crippen molar-refractivity contribution in [3.63, 3.8) is 0 Å². The number of methoxy groups -OCH3 is 1. The lowest BCUT2D eigenvalue weighted by atomic mass is 9.62. The number of nitrogens with one attached hydrogen (secondary N) is 1. The fraction of sp³-hybridized carbons (Fsp3) is 0.571. The maximum absolute atomic E-state index is 13.4. The van der Waals surface area contributed by atoms with E-state index < -0.39 is 32.9 Å². The topological polar surface area (TPSA) is 105 Å². The third kappa shape index (κ3) is 5.79. The molecule has 1 spiro atoms. The number of aliphatic hydroxyl groups excluding tert-OH is 1. The van der Waals surface area contributed by atoms with Crippen LogP contribution in [0.5, 0.6) is 5.75 Å². The fourth-order valence-corrected chi connectivity index (χ4v) is 9.61. The molecule has 244 valence electrons. The number of nitrogens with zero attached hydrogens (tertiary/aromatic N) is 1. The largest absolute Gasteiger partial charge is 0.490 e. The number of aryl methyl sites for hydroxylation is 1. The van der Waals surface area contributed by atoms with E-state index in [2.05, 4.69) is 21.8 Å². The standard InChI is InChI=1S/C35H45ClN2O6S/c1-22-7-5-16-35(43-4,24(3)39)30-12-9-27(30)19-38-20-34(15-6-8-25-17-28(36)11-13-29(25)34)21-44-32-14-10-26(18-31(32)38)33(40)37-45(41,42)23(22)2/h5,10-11,13-14,16-18,22-24,27,30,39H,6-9,12,15,19-21H2,1-4H3,(H,37,40)/b16-5+/t22-,23+,24+,27-,30+,34-,35+/m0/s1. The lowest BCUT2D eigenvalue weighted by molar-refractivity contribution is -0.136. The number of amides is 1. The highest BCUT2D eigenvalue weighted by Crippen LogP contribution is 2.49. The lowest BCUT2D eigenvalue weighted by Crippen LogP contribution is -2.57. The van der Waals surface area contributed by atoms with Crippen LogP contribution in [0.3, 0.4) is 0 Å². The van der Waals surface area contributed by atoms with Gasteiger partial charge in [0.15, 0.2) is 0 Å². The first kappa shape index (κ1) is 32.4. The molecule has 2 bridgehead atoms. The van der Waals surface area contributed by atoms with Crippen LogP contribution in [-0.4, -0.2) is 63.2 Å². The SMILES string of the molecule is CO[C@@]1([C@@H](C)O)/C=C/C[C@H](C)[C@@H](C)S(=O)(=O)NC(=O)c2ccc3c(c2)N(C[C@@H]2CC[C@H]21)C[C@@]1(CCCc2cc(Cl)ccc21)CO3. The lowest BCUT2D eigenvalue weighted by Gasteiger charge is -2.51. The quantitative estimate of drug-likeness (QED) is 0.403. The molecule has 4 aliphatic rings. The van der Waals surface area contributed by atoms with Gasteiger partial charge >= 0.3 is 0 Å². The summed E-state index contributed by atoms with van der Waals surface area (Å²) in [6.45, 7) is 7.07. The molecule has 45 heavy (non-hydrogen) atoms. The van der Waals surface area contributed by atoms with Crippen LogP contribution in [-0.2, 0) is 26.6 Å². The Morgan fingerprint density at radius 3 is 2.69 bits per heavy atom. The van der Waals surface area contributed by atoms with Gasteiger partial charge in [0.05, 0.1) is 23.6 Å². The van der Waals surface area contributed by atoms with E-state index in [1.165, 1.54) is 11.1 Å². The average Bonchev–Trinajstić information content (AvgIpc) is 3.14. The number of fused-ring (bicyclic) bond motifs is 4. The van der Waals surface area contributed by atoms with E-state index in [9.17, 15) is 18.3 Å². The Kier molecular flexibility index (Phi) is 8.78. The predicted octanol–water partition coefficient (Wildman–Crippen LogP) is 5.65. The Labute approximate surface area is 272 Å². The summed E-state index contributed by atoms with van der Waals surface area (Å²) in [6, 6.07) is 11.4. The molecule has 2 N–H and O–H groups in total. The van der Waals surface area contributed by atoms with Crippen molar-refractivity contribution < 1.29 is 27.8 Å². The molecule has 0 saturated heterocycles. The number of hydrogen-bond acceptors (Lipinski definition) is 7. The minimum absolute atomic E-state index is 0.0515. The second-order valence-electron chi connectivity index (χ2n) is 13.8. The molecular weight excluding hydrogens is 612 g/mol. The van der Waals surface area contributed by atoms with Crippen LogP contribution in [0.25, 0.3) is 0 Å². The van der Waals surface area contributed by atoms with E-state index >= 15 is 0 Å². The minimum atomic E-state index is -3.97. The predicted molar refractivity (Wildman–Crippen MR) is 177 cm³/mol. The van der Waals surface area contributed by atoms with Crippen LogP contribution in [0.2, 0.25) is 5.02 Å².